The largest absolute Gasteiger partial charge is 0.352 e. The standard InChI is InChI=1S/C31H32ClN5OS/c1-4-22-11-5-7-13-25(22)34-28(38)16-18-36-30(29(35-31(36)39)26-14-9-10-17-33-26)23-19-20(2)37(21(23)3)27-15-8-6-12-24(27)32/h5-15,17,19,29-30H,4,16,18H2,1-3H3,(H,34,38)(H,35,39)/t29-,30+/m0/s1. The van der Waals surface area contributed by atoms with Crippen LogP contribution in [-0.4, -0.2) is 32.0 Å². The van der Waals surface area contributed by atoms with E-state index in [-0.39, 0.29) is 18.0 Å². The first-order valence-corrected chi connectivity index (χ1v) is 14.0. The van der Waals surface area contributed by atoms with Gasteiger partial charge in [-0.25, -0.2) is 0 Å². The van der Waals surface area contributed by atoms with Crippen molar-refractivity contribution < 1.29 is 4.79 Å². The molecule has 0 bridgehead atoms. The van der Waals surface area contributed by atoms with Crippen molar-refractivity contribution in [1.29, 1.82) is 0 Å². The Balaban J connectivity index is 1.47. The summed E-state index contributed by atoms with van der Waals surface area (Å²) in [6, 6.07) is 23.6. The fourth-order valence-corrected chi connectivity index (χ4v) is 6.01. The number of benzene rings is 2. The zero-order valence-electron chi connectivity index (χ0n) is 22.3. The van der Waals surface area contributed by atoms with Gasteiger partial charge in [-0.3, -0.25) is 9.78 Å². The minimum atomic E-state index is -0.164. The Hall–Kier alpha value is -3.68. The number of halogens is 1. The summed E-state index contributed by atoms with van der Waals surface area (Å²) in [5.74, 6) is -0.0414. The lowest BCUT2D eigenvalue weighted by Gasteiger charge is -2.28. The molecule has 3 heterocycles. The quantitative estimate of drug-likeness (QED) is 0.236. The summed E-state index contributed by atoms with van der Waals surface area (Å²) in [5, 5.41) is 7.88. The minimum Gasteiger partial charge on any atom is -0.352 e. The van der Waals surface area contributed by atoms with Crippen LogP contribution in [0.25, 0.3) is 5.69 Å². The summed E-state index contributed by atoms with van der Waals surface area (Å²) in [5.41, 5.74) is 7.07. The van der Waals surface area contributed by atoms with Crippen LogP contribution in [0.2, 0.25) is 5.02 Å². The zero-order valence-corrected chi connectivity index (χ0v) is 23.9. The number of pyridine rings is 1. The van der Waals surface area contributed by atoms with E-state index in [1.54, 1.807) is 6.20 Å². The van der Waals surface area contributed by atoms with Crippen molar-refractivity contribution in [3.8, 4) is 5.69 Å². The number of carbonyl (C=O) groups excluding carboxylic acids is 1. The maximum absolute atomic E-state index is 13.1. The highest BCUT2D eigenvalue weighted by molar-refractivity contribution is 7.80. The molecule has 1 fully saturated rings. The summed E-state index contributed by atoms with van der Waals surface area (Å²) < 4.78 is 2.18. The lowest BCUT2D eigenvalue weighted by Crippen LogP contribution is -2.33. The predicted octanol–water partition coefficient (Wildman–Crippen LogP) is 6.71. The number of aromatic nitrogens is 2. The van der Waals surface area contributed by atoms with Gasteiger partial charge in [0.05, 0.1) is 28.5 Å². The number of nitrogens with one attached hydrogen (secondary N) is 2. The van der Waals surface area contributed by atoms with E-state index in [9.17, 15) is 4.79 Å². The Morgan fingerprint density at radius 1 is 1.08 bits per heavy atom. The normalized spacial score (nSPS) is 16.8. The zero-order chi connectivity index (χ0) is 27.5. The van der Waals surface area contributed by atoms with Crippen LogP contribution in [0.5, 0.6) is 0 Å². The number of rotatable bonds is 8. The van der Waals surface area contributed by atoms with E-state index in [0.717, 1.165) is 46.0 Å². The summed E-state index contributed by atoms with van der Waals surface area (Å²) >= 11 is 12.4. The highest BCUT2D eigenvalue weighted by Crippen LogP contribution is 2.42. The Labute approximate surface area is 240 Å². The van der Waals surface area contributed by atoms with Crippen LogP contribution < -0.4 is 10.6 Å². The number of nitrogens with zero attached hydrogens (tertiary/aromatic N) is 3. The maximum Gasteiger partial charge on any atom is 0.226 e. The van der Waals surface area contributed by atoms with Crippen molar-refractivity contribution in [1.82, 2.24) is 19.8 Å². The van der Waals surface area contributed by atoms with E-state index in [0.29, 0.717) is 23.1 Å². The van der Waals surface area contributed by atoms with Crippen LogP contribution in [0.4, 0.5) is 5.69 Å². The SMILES string of the molecule is CCc1ccccc1NC(=O)CCN1C(=S)N[C@@H](c2ccccn2)[C@H]1c1cc(C)n(-c2ccccc2Cl)c1C. The van der Waals surface area contributed by atoms with E-state index in [1.807, 2.05) is 66.7 Å². The third-order valence-electron chi connectivity index (χ3n) is 7.33. The van der Waals surface area contributed by atoms with E-state index >= 15 is 0 Å². The first-order valence-electron chi connectivity index (χ1n) is 13.2. The molecule has 1 aliphatic heterocycles. The molecule has 6 nitrogen and oxygen atoms in total. The second kappa shape index (κ2) is 11.6. The number of para-hydroxylation sites is 2. The molecule has 0 spiro atoms. The summed E-state index contributed by atoms with van der Waals surface area (Å²) in [6.45, 7) is 6.74. The number of aryl methyl sites for hydroxylation is 2. The van der Waals surface area contributed by atoms with Gasteiger partial charge in [-0.05, 0) is 80.0 Å². The smallest absolute Gasteiger partial charge is 0.226 e. The van der Waals surface area contributed by atoms with Crippen molar-refractivity contribution in [2.75, 3.05) is 11.9 Å². The molecule has 5 rings (SSSR count). The molecule has 2 aromatic heterocycles. The molecule has 4 aromatic rings. The first-order chi connectivity index (χ1) is 18.9. The van der Waals surface area contributed by atoms with Crippen molar-refractivity contribution in [2.45, 2.75) is 45.7 Å². The van der Waals surface area contributed by atoms with Gasteiger partial charge in [-0.15, -0.1) is 0 Å². The number of anilines is 1. The van der Waals surface area contributed by atoms with Crippen LogP contribution in [0.15, 0.2) is 79.0 Å². The fourth-order valence-electron chi connectivity index (χ4n) is 5.46. The molecule has 200 valence electrons. The van der Waals surface area contributed by atoms with Crippen molar-refractivity contribution in [3.05, 3.63) is 112 Å². The van der Waals surface area contributed by atoms with Crippen LogP contribution in [-0.2, 0) is 11.2 Å². The van der Waals surface area contributed by atoms with E-state index in [1.165, 1.54) is 0 Å². The summed E-state index contributed by atoms with van der Waals surface area (Å²) in [7, 11) is 0. The van der Waals surface area contributed by atoms with Gasteiger partial charge in [0.1, 0.15) is 0 Å². The van der Waals surface area contributed by atoms with Crippen molar-refractivity contribution in [3.63, 3.8) is 0 Å². The molecule has 1 saturated heterocycles. The van der Waals surface area contributed by atoms with Crippen molar-refractivity contribution in [2.24, 2.45) is 0 Å². The topological polar surface area (TPSA) is 62.2 Å². The average Bonchev–Trinajstić information content (AvgIpc) is 3.42. The maximum atomic E-state index is 13.1. The van der Waals surface area contributed by atoms with Gasteiger partial charge in [-0.1, -0.05) is 54.9 Å². The van der Waals surface area contributed by atoms with E-state index < -0.39 is 0 Å². The number of hydrogen-bond donors (Lipinski definition) is 2. The van der Waals surface area contributed by atoms with Crippen molar-refractivity contribution >= 4 is 40.5 Å². The number of amides is 1. The molecule has 2 N–H and O–H groups in total. The molecule has 1 amide bonds. The lowest BCUT2D eigenvalue weighted by molar-refractivity contribution is -0.116. The van der Waals surface area contributed by atoms with Crippen LogP contribution in [0.3, 0.4) is 0 Å². The van der Waals surface area contributed by atoms with Gasteiger partial charge in [0.25, 0.3) is 0 Å². The van der Waals surface area contributed by atoms with E-state index in [4.69, 9.17) is 23.8 Å². The third-order valence-corrected chi connectivity index (χ3v) is 8.00. The average molecular weight is 558 g/mol. The van der Waals surface area contributed by atoms with Crippen LogP contribution in [0.1, 0.15) is 53.6 Å². The molecule has 39 heavy (non-hydrogen) atoms. The van der Waals surface area contributed by atoms with Crippen LogP contribution >= 0.6 is 23.8 Å². The molecule has 0 unspecified atom stereocenters. The summed E-state index contributed by atoms with van der Waals surface area (Å²) in [4.78, 5) is 19.8. The first kappa shape index (κ1) is 26.9. The fraction of sp³-hybridized carbons (Fsp3) is 0.258. The van der Waals surface area contributed by atoms with E-state index in [2.05, 4.69) is 51.9 Å². The van der Waals surface area contributed by atoms with Crippen LogP contribution in [0, 0.1) is 13.8 Å². The number of thiocarbonyl (C=S) groups is 1. The molecule has 8 heteroatoms. The van der Waals surface area contributed by atoms with Gasteiger partial charge >= 0.3 is 0 Å². The van der Waals surface area contributed by atoms with Gasteiger partial charge in [-0.2, -0.15) is 0 Å². The Morgan fingerprint density at radius 3 is 2.56 bits per heavy atom. The van der Waals surface area contributed by atoms with Gasteiger partial charge in [0.15, 0.2) is 5.11 Å². The molecule has 2 aromatic carbocycles. The van der Waals surface area contributed by atoms with Gasteiger partial charge < -0.3 is 20.1 Å². The highest BCUT2D eigenvalue weighted by atomic mass is 35.5. The molecule has 0 radical (unpaired) electrons. The third kappa shape index (κ3) is 5.42. The highest BCUT2D eigenvalue weighted by Gasteiger charge is 2.41. The Kier molecular flexibility index (Phi) is 8.00. The monoisotopic (exact) mass is 557 g/mol. The molecular formula is C31H32ClN5OS. The molecular weight excluding hydrogens is 526 g/mol. The minimum absolute atomic E-state index is 0.0414. The second-order valence-electron chi connectivity index (χ2n) is 9.74. The Bertz CT molecular complexity index is 1500. The Morgan fingerprint density at radius 2 is 1.82 bits per heavy atom. The second-order valence-corrected chi connectivity index (χ2v) is 10.5. The summed E-state index contributed by atoms with van der Waals surface area (Å²) in [6.07, 6.45) is 2.95. The molecule has 1 aliphatic rings. The molecule has 2 atom stereocenters. The lowest BCUT2D eigenvalue weighted by atomic mass is 9.96. The van der Waals surface area contributed by atoms with Gasteiger partial charge in [0.2, 0.25) is 5.91 Å². The number of hydrogen-bond acceptors (Lipinski definition) is 3. The number of carbonyl (C=O) groups is 1. The van der Waals surface area contributed by atoms with Gasteiger partial charge in [0, 0.05) is 36.2 Å². The molecule has 0 saturated carbocycles. The molecule has 0 aliphatic carbocycles. The predicted molar refractivity (Wildman–Crippen MR) is 161 cm³/mol.